The first-order chi connectivity index (χ1) is 12.4. The molecule has 3 aromatic carbocycles. The zero-order chi connectivity index (χ0) is 17.0. The van der Waals surface area contributed by atoms with E-state index in [2.05, 4.69) is 101 Å². The Morgan fingerprint density at radius 1 is 0.640 bits per heavy atom. The van der Waals surface area contributed by atoms with Gasteiger partial charge in [0.15, 0.2) is 0 Å². The summed E-state index contributed by atoms with van der Waals surface area (Å²) in [6.07, 6.45) is 2.55. The molecule has 0 saturated carbocycles. The number of hydrogen-bond donors (Lipinski definition) is 0. The molecule has 124 valence electrons. The Hall–Kier alpha value is -2.77. The molecule has 4 aromatic rings. The molecule has 4 rings (SSSR count). The third-order valence-corrected chi connectivity index (χ3v) is 9.50. The number of rotatable bonds is 5. The monoisotopic (exact) mass is 346 g/mol. The van der Waals surface area contributed by atoms with E-state index in [9.17, 15) is 0 Å². The Labute approximate surface area is 147 Å². The average molecular weight is 346 g/mol. The van der Waals surface area contributed by atoms with E-state index >= 15 is 0 Å². The molecular formula is C21H19N2OP. The van der Waals surface area contributed by atoms with Gasteiger partial charge in [0.1, 0.15) is 0 Å². The fourth-order valence-electron chi connectivity index (χ4n) is 3.51. The predicted octanol–water partition coefficient (Wildman–Crippen LogP) is 3.30. The van der Waals surface area contributed by atoms with Crippen LogP contribution in [0, 0.1) is 0 Å². The number of benzene rings is 3. The van der Waals surface area contributed by atoms with Gasteiger partial charge in [0.05, 0.1) is 0 Å². The maximum absolute atomic E-state index is 4.89. The van der Waals surface area contributed by atoms with Crippen LogP contribution in [0.15, 0.2) is 102 Å². The van der Waals surface area contributed by atoms with Crippen LogP contribution in [0.1, 0.15) is 5.69 Å². The SMILES string of the molecule is c1ccc([PH](Cc2cnon2)(c2ccccc2)c2ccccc2)cc1. The molecule has 0 saturated heterocycles. The molecule has 1 heterocycles. The summed E-state index contributed by atoms with van der Waals surface area (Å²) in [5.41, 5.74) is 0.892. The Balaban J connectivity index is 2.01. The molecule has 0 amide bonds. The molecule has 1 aromatic heterocycles. The van der Waals surface area contributed by atoms with E-state index in [0.717, 1.165) is 11.9 Å². The van der Waals surface area contributed by atoms with Crippen molar-refractivity contribution < 1.29 is 4.63 Å². The molecule has 0 aliphatic heterocycles. The van der Waals surface area contributed by atoms with Gasteiger partial charge in [0.2, 0.25) is 0 Å². The van der Waals surface area contributed by atoms with Crippen molar-refractivity contribution >= 4 is 23.2 Å². The zero-order valence-corrected chi connectivity index (χ0v) is 14.7. The maximum atomic E-state index is 4.89. The minimum absolute atomic E-state index is 0.814. The fourth-order valence-corrected chi connectivity index (χ4v) is 8.10. The van der Waals surface area contributed by atoms with Gasteiger partial charge in [-0.2, -0.15) is 0 Å². The summed E-state index contributed by atoms with van der Waals surface area (Å²) in [4.78, 5) is 0. The number of aromatic nitrogens is 2. The number of nitrogens with zero attached hydrogens (tertiary/aromatic N) is 2. The summed E-state index contributed by atoms with van der Waals surface area (Å²) in [5.74, 6) is 0. The van der Waals surface area contributed by atoms with Crippen LogP contribution in [0.4, 0.5) is 0 Å². The molecule has 0 aliphatic rings. The van der Waals surface area contributed by atoms with Crippen molar-refractivity contribution in [1.82, 2.24) is 10.3 Å². The number of hydrogen-bond acceptors (Lipinski definition) is 3. The van der Waals surface area contributed by atoms with E-state index in [0.29, 0.717) is 0 Å². The summed E-state index contributed by atoms with van der Waals surface area (Å²) in [7, 11) is -2.29. The van der Waals surface area contributed by atoms with Crippen LogP contribution in [0.2, 0.25) is 0 Å². The molecule has 0 fully saturated rings. The third-order valence-electron chi connectivity index (χ3n) is 4.65. The Kier molecular flexibility index (Phi) is 4.41. The van der Waals surface area contributed by atoms with E-state index < -0.39 is 7.26 Å². The summed E-state index contributed by atoms with van der Waals surface area (Å²) >= 11 is 0. The van der Waals surface area contributed by atoms with Gasteiger partial charge in [0, 0.05) is 0 Å². The van der Waals surface area contributed by atoms with Crippen LogP contribution < -0.4 is 15.9 Å². The van der Waals surface area contributed by atoms with Crippen molar-refractivity contribution in [3.05, 3.63) is 103 Å². The van der Waals surface area contributed by atoms with Crippen LogP contribution in [0.5, 0.6) is 0 Å². The molecule has 0 aliphatic carbocycles. The van der Waals surface area contributed by atoms with E-state index in [1.807, 2.05) is 0 Å². The van der Waals surface area contributed by atoms with E-state index in [-0.39, 0.29) is 0 Å². The molecule has 0 spiro atoms. The van der Waals surface area contributed by atoms with Gasteiger partial charge in [-0.25, -0.2) is 0 Å². The third kappa shape index (κ3) is 2.99. The van der Waals surface area contributed by atoms with Crippen LogP contribution in [0.3, 0.4) is 0 Å². The molecule has 0 bridgehead atoms. The van der Waals surface area contributed by atoms with Crippen molar-refractivity contribution in [1.29, 1.82) is 0 Å². The zero-order valence-electron chi connectivity index (χ0n) is 13.7. The first kappa shape index (κ1) is 15.7. The van der Waals surface area contributed by atoms with Crippen molar-refractivity contribution in [3.8, 4) is 0 Å². The molecular weight excluding hydrogens is 327 g/mol. The molecule has 0 unspecified atom stereocenters. The van der Waals surface area contributed by atoms with Gasteiger partial charge in [-0.05, 0) is 0 Å². The second-order valence-corrected chi connectivity index (χ2v) is 9.98. The van der Waals surface area contributed by atoms with Gasteiger partial charge >= 0.3 is 147 Å². The van der Waals surface area contributed by atoms with Crippen LogP contribution in [-0.2, 0) is 6.16 Å². The van der Waals surface area contributed by atoms with E-state index in [4.69, 9.17) is 4.63 Å². The average Bonchev–Trinajstić information content (AvgIpc) is 3.21. The van der Waals surface area contributed by atoms with E-state index in [1.165, 1.54) is 15.9 Å². The summed E-state index contributed by atoms with van der Waals surface area (Å²) in [6, 6.07) is 32.3. The molecule has 25 heavy (non-hydrogen) atoms. The first-order valence-corrected chi connectivity index (χ1v) is 10.5. The van der Waals surface area contributed by atoms with Crippen molar-refractivity contribution in [2.45, 2.75) is 6.16 Å². The Bertz CT molecular complexity index is 813. The van der Waals surface area contributed by atoms with Crippen LogP contribution in [-0.4, -0.2) is 10.3 Å². The Morgan fingerprint density at radius 3 is 1.44 bits per heavy atom. The fraction of sp³-hybridized carbons (Fsp3) is 0.0476. The van der Waals surface area contributed by atoms with Crippen molar-refractivity contribution in [2.75, 3.05) is 0 Å². The molecule has 3 nitrogen and oxygen atoms in total. The molecule has 0 atom stereocenters. The summed E-state index contributed by atoms with van der Waals surface area (Å²) < 4.78 is 4.89. The molecule has 0 radical (unpaired) electrons. The van der Waals surface area contributed by atoms with Gasteiger partial charge in [-0.1, -0.05) is 0 Å². The second-order valence-electron chi connectivity index (χ2n) is 6.08. The van der Waals surface area contributed by atoms with E-state index in [1.54, 1.807) is 6.20 Å². The molecule has 4 heteroatoms. The van der Waals surface area contributed by atoms with Gasteiger partial charge < -0.3 is 0 Å². The predicted molar refractivity (Wildman–Crippen MR) is 105 cm³/mol. The first-order valence-electron chi connectivity index (χ1n) is 8.32. The summed E-state index contributed by atoms with van der Waals surface area (Å²) in [5, 5.41) is 12.0. The quantitative estimate of drug-likeness (QED) is 0.521. The van der Waals surface area contributed by atoms with Crippen LogP contribution in [0.25, 0.3) is 0 Å². The summed E-state index contributed by atoms with van der Waals surface area (Å²) in [6.45, 7) is 0. The van der Waals surface area contributed by atoms with Gasteiger partial charge in [-0.15, -0.1) is 0 Å². The topological polar surface area (TPSA) is 38.9 Å². The van der Waals surface area contributed by atoms with Crippen molar-refractivity contribution in [3.63, 3.8) is 0 Å². The Morgan fingerprint density at radius 2 is 1.08 bits per heavy atom. The molecule has 0 N–H and O–H groups in total. The normalized spacial score (nSPS) is 12.0. The van der Waals surface area contributed by atoms with Crippen molar-refractivity contribution in [2.24, 2.45) is 0 Å². The van der Waals surface area contributed by atoms with Gasteiger partial charge in [0.25, 0.3) is 0 Å². The van der Waals surface area contributed by atoms with Gasteiger partial charge in [-0.3, -0.25) is 0 Å². The van der Waals surface area contributed by atoms with Crippen LogP contribution >= 0.6 is 7.26 Å². The minimum atomic E-state index is -2.29. The second kappa shape index (κ2) is 7.00. The standard InChI is InChI=1S/C21H19N2OP/c1-4-10-19(11-5-1)25(17-18-16-22-24-23-18,20-12-6-2-7-13-20)21-14-8-3-9-15-21/h1-16,25H,17H2.